The summed E-state index contributed by atoms with van der Waals surface area (Å²) in [4.78, 5) is 28.0. The number of hydrogen-bond donors (Lipinski definition) is 1. The SMILES string of the molecule is CC(C)NC(=O)[C@H](C)N(Cc1ccccc1Cl)C(=O)CN(c1ccc(F)cc1)S(=O)(=O)c1ccc2c(c1)OCCO2. The van der Waals surface area contributed by atoms with Crippen LogP contribution in [0.25, 0.3) is 0 Å². The molecule has 0 aliphatic carbocycles. The third kappa shape index (κ3) is 7.09. The first-order valence-electron chi connectivity index (χ1n) is 13.0. The molecule has 218 valence electrons. The molecule has 0 radical (unpaired) electrons. The van der Waals surface area contributed by atoms with Gasteiger partial charge < -0.3 is 19.7 Å². The van der Waals surface area contributed by atoms with E-state index in [1.165, 1.54) is 35.2 Å². The maximum atomic E-state index is 14.0. The van der Waals surface area contributed by atoms with Crippen LogP contribution in [0.4, 0.5) is 10.1 Å². The molecule has 3 aromatic carbocycles. The molecule has 4 rings (SSSR count). The molecule has 0 spiro atoms. The van der Waals surface area contributed by atoms with Gasteiger partial charge in [-0.1, -0.05) is 29.8 Å². The lowest BCUT2D eigenvalue weighted by Crippen LogP contribution is -2.52. The summed E-state index contributed by atoms with van der Waals surface area (Å²) in [6.45, 7) is 5.01. The summed E-state index contributed by atoms with van der Waals surface area (Å²) >= 11 is 6.37. The first kappa shape index (κ1) is 30.1. The number of carbonyl (C=O) groups excluding carboxylic acids is 2. The lowest BCUT2D eigenvalue weighted by molar-refractivity contribution is -0.139. The van der Waals surface area contributed by atoms with Crippen LogP contribution in [0.5, 0.6) is 11.5 Å². The second-order valence-electron chi connectivity index (χ2n) is 9.75. The van der Waals surface area contributed by atoms with Crippen LogP contribution < -0.4 is 19.1 Å². The normalized spacial score (nSPS) is 13.4. The maximum Gasteiger partial charge on any atom is 0.264 e. The number of sulfonamides is 1. The Bertz CT molecular complexity index is 1520. The van der Waals surface area contributed by atoms with Crippen molar-refractivity contribution in [3.63, 3.8) is 0 Å². The number of anilines is 1. The van der Waals surface area contributed by atoms with Crippen LogP contribution in [-0.4, -0.2) is 57.0 Å². The van der Waals surface area contributed by atoms with Crippen molar-refractivity contribution in [1.82, 2.24) is 10.2 Å². The van der Waals surface area contributed by atoms with Crippen LogP contribution >= 0.6 is 11.6 Å². The highest BCUT2D eigenvalue weighted by atomic mass is 35.5. The lowest BCUT2D eigenvalue weighted by atomic mass is 10.1. The van der Waals surface area contributed by atoms with Gasteiger partial charge in [0.25, 0.3) is 10.0 Å². The molecule has 0 saturated carbocycles. The molecular formula is C29H31ClFN3O6S. The van der Waals surface area contributed by atoms with Crippen molar-refractivity contribution < 1.29 is 31.9 Å². The standard InChI is InChI=1S/C29H31ClFN3O6S/c1-19(2)32-29(36)20(3)33(17-21-6-4-5-7-25(21)30)28(35)18-34(23-10-8-22(31)9-11-23)41(37,38)24-12-13-26-27(16-24)40-15-14-39-26/h4-13,16,19-20H,14-15,17-18H2,1-3H3,(H,32,36)/t20-/m0/s1. The zero-order chi connectivity index (χ0) is 29.7. The largest absolute Gasteiger partial charge is 0.486 e. The first-order valence-corrected chi connectivity index (χ1v) is 14.8. The van der Waals surface area contributed by atoms with Gasteiger partial charge in [-0.2, -0.15) is 0 Å². The van der Waals surface area contributed by atoms with Gasteiger partial charge in [0.15, 0.2) is 11.5 Å². The number of amides is 2. The van der Waals surface area contributed by atoms with Gasteiger partial charge >= 0.3 is 0 Å². The van der Waals surface area contributed by atoms with Crippen molar-refractivity contribution in [3.05, 3.63) is 83.1 Å². The topological polar surface area (TPSA) is 105 Å². The maximum absolute atomic E-state index is 14.0. The van der Waals surface area contributed by atoms with Crippen molar-refractivity contribution >= 4 is 39.1 Å². The second-order valence-corrected chi connectivity index (χ2v) is 12.0. The van der Waals surface area contributed by atoms with E-state index in [4.69, 9.17) is 21.1 Å². The molecule has 1 N–H and O–H groups in total. The molecule has 1 aliphatic rings. The molecule has 1 aliphatic heterocycles. The van der Waals surface area contributed by atoms with Crippen LogP contribution in [0, 0.1) is 5.82 Å². The van der Waals surface area contributed by atoms with Crippen molar-refractivity contribution in [3.8, 4) is 11.5 Å². The number of benzene rings is 3. The van der Waals surface area contributed by atoms with E-state index < -0.39 is 40.2 Å². The van der Waals surface area contributed by atoms with E-state index in [1.54, 1.807) is 45.0 Å². The van der Waals surface area contributed by atoms with E-state index in [-0.39, 0.29) is 35.5 Å². The summed E-state index contributed by atoms with van der Waals surface area (Å²) in [6, 6.07) is 14.6. The smallest absolute Gasteiger partial charge is 0.264 e. The minimum absolute atomic E-state index is 0.0491. The monoisotopic (exact) mass is 603 g/mol. The highest BCUT2D eigenvalue weighted by molar-refractivity contribution is 7.92. The first-order chi connectivity index (χ1) is 19.5. The Balaban J connectivity index is 1.73. The van der Waals surface area contributed by atoms with Crippen LogP contribution in [0.1, 0.15) is 26.3 Å². The Morgan fingerprint density at radius 1 is 0.976 bits per heavy atom. The van der Waals surface area contributed by atoms with Gasteiger partial charge in [0, 0.05) is 23.7 Å². The van der Waals surface area contributed by atoms with Crippen molar-refractivity contribution in [2.75, 3.05) is 24.1 Å². The average molecular weight is 604 g/mol. The minimum Gasteiger partial charge on any atom is -0.486 e. The summed E-state index contributed by atoms with van der Waals surface area (Å²) in [6.07, 6.45) is 0. The molecule has 0 unspecified atom stereocenters. The molecule has 3 aromatic rings. The number of fused-ring (bicyclic) bond motifs is 1. The zero-order valence-electron chi connectivity index (χ0n) is 22.8. The van der Waals surface area contributed by atoms with Crippen LogP contribution in [0.2, 0.25) is 5.02 Å². The molecule has 1 heterocycles. The average Bonchev–Trinajstić information content (AvgIpc) is 2.95. The third-order valence-electron chi connectivity index (χ3n) is 6.39. The van der Waals surface area contributed by atoms with Gasteiger partial charge in [-0.15, -0.1) is 0 Å². The molecule has 0 saturated heterocycles. The Morgan fingerprint density at radius 2 is 1.63 bits per heavy atom. The molecule has 9 nitrogen and oxygen atoms in total. The van der Waals surface area contributed by atoms with Crippen LogP contribution in [0.15, 0.2) is 71.6 Å². The number of nitrogens with one attached hydrogen (secondary N) is 1. The number of nitrogens with zero attached hydrogens (tertiary/aromatic N) is 2. The fraction of sp³-hybridized carbons (Fsp3) is 0.310. The second kappa shape index (κ2) is 12.8. The quantitative estimate of drug-likeness (QED) is 0.369. The van der Waals surface area contributed by atoms with Gasteiger partial charge in [-0.3, -0.25) is 13.9 Å². The van der Waals surface area contributed by atoms with Crippen LogP contribution in [0.3, 0.4) is 0 Å². The number of rotatable bonds is 10. The number of hydrogen-bond acceptors (Lipinski definition) is 6. The summed E-state index contributed by atoms with van der Waals surface area (Å²) in [5.41, 5.74) is 0.640. The Hall–Kier alpha value is -3.83. The third-order valence-corrected chi connectivity index (χ3v) is 8.53. The van der Waals surface area contributed by atoms with E-state index >= 15 is 0 Å². The van der Waals surface area contributed by atoms with Gasteiger partial charge in [-0.05, 0) is 68.8 Å². The molecule has 0 aromatic heterocycles. The van der Waals surface area contributed by atoms with Crippen molar-refractivity contribution in [2.45, 2.75) is 44.3 Å². The number of halogens is 2. The van der Waals surface area contributed by atoms with Gasteiger partial charge in [0.2, 0.25) is 11.8 Å². The van der Waals surface area contributed by atoms with E-state index in [9.17, 15) is 22.4 Å². The highest BCUT2D eigenvalue weighted by Gasteiger charge is 2.33. The minimum atomic E-state index is -4.37. The zero-order valence-corrected chi connectivity index (χ0v) is 24.4. The van der Waals surface area contributed by atoms with Crippen LogP contribution in [-0.2, 0) is 26.2 Å². The highest BCUT2D eigenvalue weighted by Crippen LogP contribution is 2.34. The van der Waals surface area contributed by atoms with E-state index in [0.29, 0.717) is 22.9 Å². The predicted molar refractivity (Wildman–Crippen MR) is 153 cm³/mol. The summed E-state index contributed by atoms with van der Waals surface area (Å²) < 4.78 is 53.7. The van der Waals surface area contributed by atoms with E-state index in [1.807, 2.05) is 0 Å². The van der Waals surface area contributed by atoms with Crippen molar-refractivity contribution in [1.29, 1.82) is 0 Å². The van der Waals surface area contributed by atoms with Gasteiger partial charge in [-0.25, -0.2) is 12.8 Å². The number of ether oxygens (including phenoxy) is 2. The molecule has 2 amide bonds. The van der Waals surface area contributed by atoms with Crippen molar-refractivity contribution in [2.24, 2.45) is 0 Å². The Labute approximate surface area is 243 Å². The summed E-state index contributed by atoms with van der Waals surface area (Å²) in [7, 11) is -4.37. The molecule has 0 fully saturated rings. The van der Waals surface area contributed by atoms with Gasteiger partial charge in [0.1, 0.15) is 31.6 Å². The fourth-order valence-electron chi connectivity index (χ4n) is 4.25. The van der Waals surface area contributed by atoms with E-state index in [0.717, 1.165) is 16.4 Å². The number of carbonyl (C=O) groups is 2. The molecule has 1 atom stereocenters. The fourth-order valence-corrected chi connectivity index (χ4v) is 5.87. The predicted octanol–water partition coefficient (Wildman–Crippen LogP) is 4.39. The van der Waals surface area contributed by atoms with E-state index in [2.05, 4.69) is 5.32 Å². The molecule has 0 bridgehead atoms. The summed E-state index contributed by atoms with van der Waals surface area (Å²) in [5.74, 6) is -1.00. The molecular weight excluding hydrogens is 573 g/mol. The Morgan fingerprint density at radius 3 is 2.29 bits per heavy atom. The lowest BCUT2D eigenvalue weighted by Gasteiger charge is -2.32. The molecule has 41 heavy (non-hydrogen) atoms. The summed E-state index contributed by atoms with van der Waals surface area (Å²) in [5, 5.41) is 3.18. The molecule has 12 heteroatoms. The Kier molecular flexibility index (Phi) is 9.39. The van der Waals surface area contributed by atoms with Gasteiger partial charge in [0.05, 0.1) is 10.6 Å².